The van der Waals surface area contributed by atoms with Crippen molar-refractivity contribution in [2.75, 3.05) is 11.9 Å². The number of nitrogens with zero attached hydrogens (tertiary/aromatic N) is 1. The number of likely N-dealkylation sites (N-methyl/N-ethyl adjacent to an activating group) is 1. The first-order valence-electron chi connectivity index (χ1n) is 6.15. The van der Waals surface area contributed by atoms with Gasteiger partial charge in [-0.1, -0.05) is 36.4 Å². The van der Waals surface area contributed by atoms with Crippen LogP contribution in [0.4, 0.5) is 5.69 Å². The number of hydrogen-bond acceptors (Lipinski definition) is 1. The molecule has 2 heteroatoms. The summed E-state index contributed by atoms with van der Waals surface area (Å²) in [5, 5.41) is 0. The molecule has 0 saturated heterocycles. The summed E-state index contributed by atoms with van der Waals surface area (Å²) in [6.45, 7) is 1.97. The molecule has 2 aromatic rings. The fourth-order valence-electron chi connectivity index (χ4n) is 2.56. The molecule has 2 aromatic carbocycles. The molecule has 0 spiro atoms. The van der Waals surface area contributed by atoms with Gasteiger partial charge in [-0.25, -0.2) is 0 Å². The van der Waals surface area contributed by atoms with Gasteiger partial charge >= 0.3 is 0 Å². The zero-order valence-corrected chi connectivity index (χ0v) is 10.6. The van der Waals surface area contributed by atoms with Crippen LogP contribution in [0.2, 0.25) is 0 Å². The molecule has 1 unspecified atom stereocenters. The zero-order valence-electron chi connectivity index (χ0n) is 10.6. The van der Waals surface area contributed by atoms with Gasteiger partial charge < -0.3 is 4.90 Å². The van der Waals surface area contributed by atoms with Gasteiger partial charge in [0.15, 0.2) is 0 Å². The predicted molar refractivity (Wildman–Crippen MR) is 73.7 cm³/mol. The molecule has 0 N–H and O–H groups in total. The zero-order chi connectivity index (χ0) is 12.7. The fraction of sp³-hybridized carbons (Fsp3) is 0.188. The Morgan fingerprint density at radius 2 is 1.72 bits per heavy atom. The second-order valence-corrected chi connectivity index (χ2v) is 4.76. The van der Waals surface area contributed by atoms with E-state index in [0.29, 0.717) is 0 Å². The molecule has 3 rings (SSSR count). The Morgan fingerprint density at radius 1 is 1.00 bits per heavy atom. The molecule has 1 aliphatic rings. The first kappa shape index (κ1) is 11.0. The van der Waals surface area contributed by atoms with Gasteiger partial charge in [0.1, 0.15) is 0 Å². The standard InChI is InChI=1S/C16H15NO/c1-11-14-10-13(12-6-4-3-5-7-12)8-9-15(14)17(2)16(11)18/h3-11H,1-2H3. The van der Waals surface area contributed by atoms with Crippen molar-refractivity contribution >= 4 is 11.6 Å². The van der Waals surface area contributed by atoms with Crippen LogP contribution in [-0.4, -0.2) is 13.0 Å². The molecule has 1 amide bonds. The van der Waals surface area contributed by atoms with Crippen LogP contribution in [0.25, 0.3) is 11.1 Å². The average Bonchev–Trinajstić information content (AvgIpc) is 2.65. The number of rotatable bonds is 1. The van der Waals surface area contributed by atoms with E-state index in [9.17, 15) is 4.79 Å². The lowest BCUT2D eigenvalue weighted by molar-refractivity contribution is -0.118. The number of carbonyl (C=O) groups excluding carboxylic acids is 1. The van der Waals surface area contributed by atoms with Crippen LogP contribution in [-0.2, 0) is 4.79 Å². The molecule has 0 radical (unpaired) electrons. The fourth-order valence-corrected chi connectivity index (χ4v) is 2.56. The molecule has 0 saturated carbocycles. The third-order valence-electron chi connectivity index (χ3n) is 3.66. The van der Waals surface area contributed by atoms with Crippen molar-refractivity contribution in [1.82, 2.24) is 0 Å². The quantitative estimate of drug-likeness (QED) is 0.744. The monoisotopic (exact) mass is 237 g/mol. The third-order valence-corrected chi connectivity index (χ3v) is 3.66. The van der Waals surface area contributed by atoms with E-state index in [1.54, 1.807) is 4.90 Å². The highest BCUT2D eigenvalue weighted by molar-refractivity contribution is 6.04. The summed E-state index contributed by atoms with van der Waals surface area (Å²) in [6.07, 6.45) is 0. The Bertz CT molecular complexity index is 604. The molecule has 90 valence electrons. The SMILES string of the molecule is CC1C(=O)N(C)c2ccc(-c3ccccc3)cc21. The van der Waals surface area contributed by atoms with E-state index in [2.05, 4.69) is 24.3 Å². The molecule has 0 aromatic heterocycles. The van der Waals surface area contributed by atoms with Crippen molar-refractivity contribution in [3.05, 3.63) is 54.1 Å². The minimum absolute atomic E-state index is 0.0336. The molecule has 2 nitrogen and oxygen atoms in total. The van der Waals surface area contributed by atoms with Crippen molar-refractivity contribution in [1.29, 1.82) is 0 Å². The summed E-state index contributed by atoms with van der Waals surface area (Å²) in [7, 11) is 1.84. The second-order valence-electron chi connectivity index (χ2n) is 4.76. The third kappa shape index (κ3) is 1.53. The highest BCUT2D eigenvalue weighted by Gasteiger charge is 2.31. The van der Waals surface area contributed by atoms with Crippen molar-refractivity contribution in [3.63, 3.8) is 0 Å². The number of fused-ring (bicyclic) bond motifs is 1. The van der Waals surface area contributed by atoms with Gasteiger partial charge in [-0.3, -0.25) is 4.79 Å². The molecule has 1 aliphatic heterocycles. The summed E-state index contributed by atoms with van der Waals surface area (Å²) in [5.74, 6) is 0.142. The van der Waals surface area contributed by atoms with E-state index in [0.717, 1.165) is 11.3 Å². The second kappa shape index (κ2) is 3.98. The van der Waals surface area contributed by atoms with E-state index in [1.807, 2.05) is 38.2 Å². The molecule has 0 bridgehead atoms. The van der Waals surface area contributed by atoms with Gasteiger partial charge in [0, 0.05) is 12.7 Å². The number of benzene rings is 2. The van der Waals surface area contributed by atoms with Gasteiger partial charge in [-0.2, -0.15) is 0 Å². The molecule has 1 heterocycles. The van der Waals surface area contributed by atoms with Crippen LogP contribution >= 0.6 is 0 Å². The van der Waals surface area contributed by atoms with Crippen LogP contribution in [0.15, 0.2) is 48.5 Å². The largest absolute Gasteiger partial charge is 0.315 e. The minimum Gasteiger partial charge on any atom is -0.315 e. The lowest BCUT2D eigenvalue weighted by atomic mass is 9.97. The van der Waals surface area contributed by atoms with Gasteiger partial charge in [0.25, 0.3) is 0 Å². The lowest BCUT2D eigenvalue weighted by Crippen LogP contribution is -2.22. The predicted octanol–water partition coefficient (Wildman–Crippen LogP) is 3.43. The first-order chi connectivity index (χ1) is 8.68. The Balaban J connectivity index is 2.11. The van der Waals surface area contributed by atoms with E-state index in [1.165, 1.54) is 11.1 Å². The van der Waals surface area contributed by atoms with Crippen molar-refractivity contribution in [3.8, 4) is 11.1 Å². The topological polar surface area (TPSA) is 20.3 Å². The summed E-state index contributed by atoms with van der Waals surface area (Å²) in [5.41, 5.74) is 4.52. The Hall–Kier alpha value is -2.09. The van der Waals surface area contributed by atoms with Crippen LogP contribution in [0.5, 0.6) is 0 Å². The first-order valence-corrected chi connectivity index (χ1v) is 6.15. The Labute approximate surface area is 107 Å². The molecule has 0 aliphatic carbocycles. The summed E-state index contributed by atoms with van der Waals surface area (Å²) >= 11 is 0. The smallest absolute Gasteiger partial charge is 0.234 e. The van der Waals surface area contributed by atoms with Crippen LogP contribution in [0.1, 0.15) is 18.4 Å². The highest BCUT2D eigenvalue weighted by Crippen LogP contribution is 2.38. The molecule has 0 fully saturated rings. The highest BCUT2D eigenvalue weighted by atomic mass is 16.2. The van der Waals surface area contributed by atoms with E-state index >= 15 is 0 Å². The van der Waals surface area contributed by atoms with Crippen LogP contribution in [0.3, 0.4) is 0 Å². The molecular formula is C16H15NO. The lowest BCUT2D eigenvalue weighted by Gasteiger charge is -2.10. The van der Waals surface area contributed by atoms with Crippen LogP contribution in [0, 0.1) is 0 Å². The van der Waals surface area contributed by atoms with Crippen molar-refractivity contribution in [2.45, 2.75) is 12.8 Å². The Kier molecular flexibility index (Phi) is 2.44. The van der Waals surface area contributed by atoms with E-state index in [4.69, 9.17) is 0 Å². The summed E-state index contributed by atoms with van der Waals surface area (Å²) in [4.78, 5) is 13.7. The van der Waals surface area contributed by atoms with Gasteiger partial charge in [-0.15, -0.1) is 0 Å². The summed E-state index contributed by atoms with van der Waals surface area (Å²) < 4.78 is 0. The maximum atomic E-state index is 11.9. The maximum Gasteiger partial charge on any atom is 0.234 e. The normalized spacial score (nSPS) is 18.0. The van der Waals surface area contributed by atoms with Crippen molar-refractivity contribution in [2.24, 2.45) is 0 Å². The van der Waals surface area contributed by atoms with Gasteiger partial charge in [-0.05, 0) is 35.7 Å². The minimum atomic E-state index is -0.0336. The van der Waals surface area contributed by atoms with E-state index < -0.39 is 0 Å². The molecule has 18 heavy (non-hydrogen) atoms. The molecular weight excluding hydrogens is 222 g/mol. The van der Waals surface area contributed by atoms with Crippen LogP contribution < -0.4 is 4.90 Å². The van der Waals surface area contributed by atoms with Gasteiger partial charge in [0.2, 0.25) is 5.91 Å². The average molecular weight is 237 g/mol. The number of carbonyl (C=O) groups is 1. The van der Waals surface area contributed by atoms with Crippen molar-refractivity contribution < 1.29 is 4.79 Å². The maximum absolute atomic E-state index is 11.9. The van der Waals surface area contributed by atoms with Gasteiger partial charge in [0.05, 0.1) is 5.92 Å². The number of hydrogen-bond donors (Lipinski definition) is 0. The summed E-state index contributed by atoms with van der Waals surface area (Å²) in [6, 6.07) is 16.5. The Morgan fingerprint density at radius 3 is 2.44 bits per heavy atom. The molecule has 1 atom stereocenters. The number of amides is 1. The number of anilines is 1. The van der Waals surface area contributed by atoms with E-state index in [-0.39, 0.29) is 11.8 Å².